The Kier molecular flexibility index (Phi) is 4.53. The maximum absolute atomic E-state index is 12.7. The number of aromatic amines is 1. The number of hydrogen-bond donors (Lipinski definition) is 2. The molecular weight excluding hydrogens is 328 g/mol. The van der Waals surface area contributed by atoms with Crippen LogP contribution in [0, 0.1) is 17.8 Å². The highest BCUT2D eigenvalue weighted by atomic mass is 16.5. The molecule has 1 aromatic carbocycles. The van der Waals surface area contributed by atoms with Crippen molar-refractivity contribution < 1.29 is 14.6 Å². The molecule has 1 aliphatic carbocycles. The highest BCUT2D eigenvalue weighted by Crippen LogP contribution is 2.45. The lowest BCUT2D eigenvalue weighted by Gasteiger charge is -2.48. The van der Waals surface area contributed by atoms with Gasteiger partial charge in [0.25, 0.3) is 0 Å². The van der Waals surface area contributed by atoms with Crippen LogP contribution >= 0.6 is 0 Å². The second-order valence-corrected chi connectivity index (χ2v) is 7.91. The summed E-state index contributed by atoms with van der Waals surface area (Å²) in [6.45, 7) is 3.14. The van der Waals surface area contributed by atoms with E-state index in [2.05, 4.69) is 36.0 Å². The normalized spacial score (nSPS) is 31.9. The minimum absolute atomic E-state index is 0.0979. The number of ether oxygens (including phenoxy) is 1. The first-order valence-electron chi connectivity index (χ1n) is 9.60. The number of likely N-dealkylation sites (N-methyl/N-ethyl adjacent to an activating group) is 1. The number of carbonyl (C=O) groups is 1. The number of nitrogens with one attached hydrogen (secondary N) is 1. The third kappa shape index (κ3) is 2.65. The monoisotopic (exact) mass is 356 g/mol. The first kappa shape index (κ1) is 17.6. The fourth-order valence-corrected chi connectivity index (χ4v) is 5.33. The number of aromatic nitrogens is 1. The van der Waals surface area contributed by atoms with Crippen molar-refractivity contribution in [3.8, 4) is 0 Å². The van der Waals surface area contributed by atoms with Gasteiger partial charge in [0.2, 0.25) is 0 Å². The molecule has 5 atom stereocenters. The Bertz CT molecular complexity index is 815. The fraction of sp³-hybridized carbons (Fsp3) is 0.571. The van der Waals surface area contributed by atoms with Gasteiger partial charge in [-0.1, -0.05) is 31.5 Å². The average molecular weight is 356 g/mol. The number of para-hydroxylation sites is 1. The van der Waals surface area contributed by atoms with E-state index >= 15 is 0 Å². The fourth-order valence-electron chi connectivity index (χ4n) is 5.33. The molecule has 0 saturated carbocycles. The number of nitrogens with zero attached hydrogens (tertiary/aromatic N) is 1. The molecule has 2 aromatic rings. The van der Waals surface area contributed by atoms with Crippen molar-refractivity contribution in [1.29, 1.82) is 0 Å². The molecule has 1 aromatic heterocycles. The molecule has 2 bridgehead atoms. The summed E-state index contributed by atoms with van der Waals surface area (Å²) < 4.78 is 5.20. The van der Waals surface area contributed by atoms with E-state index in [4.69, 9.17) is 4.74 Å². The molecule has 26 heavy (non-hydrogen) atoms. The van der Waals surface area contributed by atoms with Crippen LogP contribution < -0.4 is 0 Å². The minimum atomic E-state index is -0.576. The van der Waals surface area contributed by atoms with Gasteiger partial charge in [-0.3, -0.25) is 4.79 Å². The van der Waals surface area contributed by atoms with E-state index in [1.807, 2.05) is 12.1 Å². The molecule has 2 heterocycles. The lowest BCUT2D eigenvalue weighted by molar-refractivity contribution is -0.156. The maximum atomic E-state index is 12.7. The van der Waals surface area contributed by atoms with Crippen LogP contribution in [0.2, 0.25) is 0 Å². The minimum Gasteiger partial charge on any atom is -0.469 e. The van der Waals surface area contributed by atoms with Crippen molar-refractivity contribution in [3.05, 3.63) is 35.5 Å². The quantitative estimate of drug-likeness (QED) is 0.812. The van der Waals surface area contributed by atoms with E-state index in [0.717, 1.165) is 41.5 Å². The number of likely N-dealkylation sites (tertiary alicyclic amines) is 1. The van der Waals surface area contributed by atoms with E-state index in [1.165, 1.54) is 7.11 Å². The molecule has 4 rings (SSSR count). The Morgan fingerprint density at radius 1 is 1.38 bits per heavy atom. The van der Waals surface area contributed by atoms with E-state index in [0.29, 0.717) is 12.3 Å². The molecule has 2 aliphatic rings. The zero-order chi connectivity index (χ0) is 18.4. The Hall–Kier alpha value is -1.85. The van der Waals surface area contributed by atoms with Gasteiger partial charge < -0.3 is 19.7 Å². The van der Waals surface area contributed by atoms with Gasteiger partial charge in [-0.2, -0.15) is 0 Å². The van der Waals surface area contributed by atoms with Gasteiger partial charge in [-0.05, 0) is 43.4 Å². The summed E-state index contributed by atoms with van der Waals surface area (Å²) >= 11 is 0. The van der Waals surface area contributed by atoms with Crippen molar-refractivity contribution in [2.45, 2.75) is 38.3 Å². The van der Waals surface area contributed by atoms with Crippen molar-refractivity contribution in [2.24, 2.45) is 17.8 Å². The van der Waals surface area contributed by atoms with Crippen LogP contribution in [0.4, 0.5) is 0 Å². The molecule has 4 unspecified atom stereocenters. The van der Waals surface area contributed by atoms with Gasteiger partial charge in [0.15, 0.2) is 0 Å². The van der Waals surface area contributed by atoms with Crippen molar-refractivity contribution >= 4 is 16.9 Å². The second-order valence-electron chi connectivity index (χ2n) is 7.91. The summed E-state index contributed by atoms with van der Waals surface area (Å²) in [6, 6.07) is 8.28. The van der Waals surface area contributed by atoms with Gasteiger partial charge in [0.05, 0.1) is 19.1 Å². The highest BCUT2D eigenvalue weighted by Gasteiger charge is 2.48. The molecular formula is C21H28N2O3. The number of fused-ring (bicyclic) bond motifs is 5. The van der Waals surface area contributed by atoms with Crippen LogP contribution in [0.5, 0.6) is 0 Å². The van der Waals surface area contributed by atoms with Crippen LogP contribution in [-0.2, 0) is 16.0 Å². The summed E-state index contributed by atoms with van der Waals surface area (Å²) in [5.74, 6) is 0.199. The Morgan fingerprint density at radius 2 is 2.15 bits per heavy atom. The topological polar surface area (TPSA) is 65.6 Å². The third-order valence-electron chi connectivity index (χ3n) is 6.66. The van der Waals surface area contributed by atoms with Crippen molar-refractivity contribution in [2.75, 3.05) is 20.7 Å². The third-order valence-corrected chi connectivity index (χ3v) is 6.66. The van der Waals surface area contributed by atoms with Gasteiger partial charge >= 0.3 is 5.97 Å². The van der Waals surface area contributed by atoms with Gasteiger partial charge in [0.1, 0.15) is 0 Å². The van der Waals surface area contributed by atoms with E-state index in [9.17, 15) is 9.90 Å². The van der Waals surface area contributed by atoms with Crippen LogP contribution in [0.15, 0.2) is 24.3 Å². The van der Waals surface area contributed by atoms with Crippen LogP contribution in [0.3, 0.4) is 0 Å². The lowest BCUT2D eigenvalue weighted by atomic mass is 9.67. The molecule has 0 spiro atoms. The number of rotatable bonds is 2. The second kappa shape index (κ2) is 6.71. The lowest BCUT2D eigenvalue weighted by Crippen LogP contribution is -2.56. The molecule has 0 amide bonds. The number of esters is 1. The summed E-state index contributed by atoms with van der Waals surface area (Å²) in [5.41, 5.74) is 3.12. The van der Waals surface area contributed by atoms with Crippen molar-refractivity contribution in [3.63, 3.8) is 0 Å². The molecule has 0 radical (unpaired) electrons. The number of methoxy groups -OCH3 is 1. The van der Waals surface area contributed by atoms with E-state index in [1.54, 1.807) is 0 Å². The number of H-pyrrole nitrogens is 1. The van der Waals surface area contributed by atoms with E-state index in [-0.39, 0.29) is 23.8 Å². The summed E-state index contributed by atoms with van der Waals surface area (Å²) in [6.07, 6.45) is 1.77. The SMILES string of the molecule is CCC1CN(C)C2Cc3c([nH]c4ccccc34)[C@H](O)CC1C2C(=O)OC. The molecule has 1 aliphatic heterocycles. The zero-order valence-corrected chi connectivity index (χ0v) is 15.7. The summed E-state index contributed by atoms with van der Waals surface area (Å²) in [4.78, 5) is 18.5. The molecule has 140 valence electrons. The standard InChI is InChI=1S/C21H28N2O3/c1-4-12-11-23(2)17-9-15-13-7-5-6-8-16(13)22-20(15)18(24)10-14(12)19(17)21(25)26-3/h5-8,12,14,17-19,22,24H,4,9-11H2,1-3H3/t12?,14?,17?,18-,19?/m1/s1. The van der Waals surface area contributed by atoms with Gasteiger partial charge in [0, 0.05) is 29.2 Å². The first-order chi connectivity index (χ1) is 12.5. The molecule has 1 fully saturated rings. The van der Waals surface area contributed by atoms with Crippen LogP contribution in [0.25, 0.3) is 10.9 Å². The predicted molar refractivity (Wildman–Crippen MR) is 101 cm³/mol. The molecule has 2 N–H and O–H groups in total. The number of carbonyl (C=O) groups excluding carboxylic acids is 1. The summed E-state index contributed by atoms with van der Waals surface area (Å²) in [5, 5.41) is 12.2. The predicted octanol–water partition coefficient (Wildman–Crippen LogP) is 2.89. The van der Waals surface area contributed by atoms with Gasteiger partial charge in [-0.15, -0.1) is 0 Å². The number of piperidine rings is 1. The highest BCUT2D eigenvalue weighted by molar-refractivity contribution is 5.85. The molecule has 5 heteroatoms. The Morgan fingerprint density at radius 3 is 2.88 bits per heavy atom. The Balaban J connectivity index is 1.86. The van der Waals surface area contributed by atoms with Gasteiger partial charge in [-0.25, -0.2) is 0 Å². The first-order valence-corrected chi connectivity index (χ1v) is 9.60. The molecule has 5 nitrogen and oxygen atoms in total. The van der Waals surface area contributed by atoms with Crippen LogP contribution in [-0.4, -0.2) is 47.7 Å². The summed E-state index contributed by atoms with van der Waals surface area (Å²) in [7, 11) is 3.59. The van der Waals surface area contributed by atoms with E-state index < -0.39 is 6.10 Å². The van der Waals surface area contributed by atoms with Crippen LogP contribution in [0.1, 0.15) is 37.1 Å². The number of aliphatic hydroxyl groups is 1. The number of benzene rings is 1. The number of hydrogen-bond acceptors (Lipinski definition) is 4. The largest absolute Gasteiger partial charge is 0.469 e. The smallest absolute Gasteiger partial charge is 0.310 e. The average Bonchev–Trinajstić information content (AvgIpc) is 3.01. The van der Waals surface area contributed by atoms with Crippen molar-refractivity contribution in [1.82, 2.24) is 9.88 Å². The molecule has 1 saturated heterocycles. The zero-order valence-electron chi connectivity index (χ0n) is 15.7. The number of aliphatic hydroxyl groups excluding tert-OH is 1. The maximum Gasteiger partial charge on any atom is 0.310 e. The Labute approximate surface area is 154 Å².